The molecule has 7 heteroatoms. The van der Waals surface area contributed by atoms with Crippen LogP contribution in [0.1, 0.15) is 13.8 Å². The molecule has 0 atom stereocenters. The summed E-state index contributed by atoms with van der Waals surface area (Å²) in [6.45, 7) is 5.50. The number of likely N-dealkylation sites (N-methyl/N-ethyl adjacent to an activating group) is 1. The highest BCUT2D eigenvalue weighted by Crippen LogP contribution is 2.47. The van der Waals surface area contributed by atoms with Crippen LogP contribution >= 0.6 is 35.7 Å². The lowest BCUT2D eigenvalue weighted by atomic mass is 10.2. The second-order valence-corrected chi connectivity index (χ2v) is 7.87. The number of hydrogen-bond donors (Lipinski definition) is 0. The number of carbonyl (C=O) groups excluding carboxylic acids is 1. The summed E-state index contributed by atoms with van der Waals surface area (Å²) in [6, 6.07) is 6.08. The van der Waals surface area contributed by atoms with Crippen molar-refractivity contribution in [3.05, 3.63) is 40.3 Å². The van der Waals surface area contributed by atoms with Gasteiger partial charge in [0.15, 0.2) is 0 Å². The van der Waals surface area contributed by atoms with Gasteiger partial charge in [0.2, 0.25) is 0 Å². The first kappa shape index (κ1) is 17.4. The number of thiocarbonyl (C=S) groups is 1. The van der Waals surface area contributed by atoms with Gasteiger partial charge in [0, 0.05) is 24.1 Å². The summed E-state index contributed by atoms with van der Waals surface area (Å²) in [4.78, 5) is 18.0. The molecule has 1 amide bonds. The van der Waals surface area contributed by atoms with E-state index >= 15 is 0 Å². The van der Waals surface area contributed by atoms with E-state index in [-0.39, 0.29) is 5.91 Å². The van der Waals surface area contributed by atoms with Crippen molar-refractivity contribution in [1.82, 2.24) is 4.90 Å². The Balaban J connectivity index is 1.88. The maximum atomic E-state index is 12.3. The topological polar surface area (TPSA) is 32.8 Å². The molecule has 126 valence electrons. The first-order chi connectivity index (χ1) is 11.6. The minimum Gasteiger partial charge on any atom is -0.497 e. The standard InChI is InChI=1S/C17H18N2O2S3/c1-4-18-12-10-11(21-3)6-7-13(12)23-15(18)9-8-14-16(20)19(5-2)17(22)24-14/h6-10H,4-5H2,1-3H3/b14-8+,15-9+. The lowest BCUT2D eigenvalue weighted by Crippen LogP contribution is -2.27. The van der Waals surface area contributed by atoms with Crippen molar-refractivity contribution in [1.29, 1.82) is 0 Å². The molecule has 0 N–H and O–H groups in total. The molecule has 1 saturated heterocycles. The van der Waals surface area contributed by atoms with Crippen molar-refractivity contribution in [2.45, 2.75) is 18.7 Å². The lowest BCUT2D eigenvalue weighted by Gasteiger charge is -2.18. The van der Waals surface area contributed by atoms with E-state index in [1.807, 2.05) is 31.2 Å². The van der Waals surface area contributed by atoms with E-state index in [9.17, 15) is 4.79 Å². The van der Waals surface area contributed by atoms with Crippen LogP contribution in [0.15, 0.2) is 45.2 Å². The highest BCUT2D eigenvalue weighted by Gasteiger charge is 2.30. The van der Waals surface area contributed by atoms with Crippen molar-refractivity contribution >= 4 is 51.7 Å². The minimum absolute atomic E-state index is 0.00502. The van der Waals surface area contributed by atoms with E-state index in [4.69, 9.17) is 17.0 Å². The van der Waals surface area contributed by atoms with Crippen LogP contribution in [0.2, 0.25) is 0 Å². The molecule has 0 spiro atoms. The van der Waals surface area contributed by atoms with Gasteiger partial charge in [0.1, 0.15) is 10.1 Å². The minimum atomic E-state index is -0.00502. The molecule has 0 unspecified atom stereocenters. The predicted molar refractivity (Wildman–Crippen MR) is 106 cm³/mol. The molecule has 1 aromatic rings. The first-order valence-corrected chi connectivity index (χ1v) is 9.72. The summed E-state index contributed by atoms with van der Waals surface area (Å²) in [5, 5.41) is 1.10. The third-order valence-corrected chi connectivity index (χ3v) is 6.35. The number of allylic oxidation sites excluding steroid dienone is 2. The summed E-state index contributed by atoms with van der Waals surface area (Å²) in [5.41, 5.74) is 1.14. The molecule has 0 bridgehead atoms. The third kappa shape index (κ3) is 3.08. The number of benzene rings is 1. The number of anilines is 1. The summed E-state index contributed by atoms with van der Waals surface area (Å²) >= 11 is 8.32. The highest BCUT2D eigenvalue weighted by atomic mass is 32.2. The Hall–Kier alpha value is -1.44. The highest BCUT2D eigenvalue weighted by molar-refractivity contribution is 8.26. The Bertz CT molecular complexity index is 758. The van der Waals surface area contributed by atoms with Gasteiger partial charge in [-0.2, -0.15) is 0 Å². The summed E-state index contributed by atoms with van der Waals surface area (Å²) < 4.78 is 5.95. The van der Waals surface area contributed by atoms with Gasteiger partial charge in [-0.3, -0.25) is 9.69 Å². The van der Waals surface area contributed by atoms with E-state index < -0.39 is 0 Å². The maximum absolute atomic E-state index is 12.3. The van der Waals surface area contributed by atoms with Gasteiger partial charge in [-0.25, -0.2) is 0 Å². The van der Waals surface area contributed by atoms with Crippen LogP contribution in [0.3, 0.4) is 0 Å². The number of fused-ring (bicyclic) bond motifs is 1. The summed E-state index contributed by atoms with van der Waals surface area (Å²) in [7, 11) is 1.67. The Morgan fingerprint density at radius 2 is 1.92 bits per heavy atom. The molecule has 24 heavy (non-hydrogen) atoms. The van der Waals surface area contributed by atoms with Crippen LogP contribution in [-0.2, 0) is 4.79 Å². The average molecular weight is 379 g/mol. The van der Waals surface area contributed by atoms with Gasteiger partial charge in [-0.05, 0) is 38.1 Å². The fourth-order valence-electron chi connectivity index (χ4n) is 2.59. The van der Waals surface area contributed by atoms with Crippen molar-refractivity contribution < 1.29 is 9.53 Å². The fourth-order valence-corrected chi connectivity index (χ4v) is 5.03. The van der Waals surface area contributed by atoms with Crippen LogP contribution < -0.4 is 9.64 Å². The molecule has 0 aromatic heterocycles. The number of nitrogens with zero attached hydrogens (tertiary/aromatic N) is 2. The predicted octanol–water partition coefficient (Wildman–Crippen LogP) is 4.23. The molecule has 0 saturated carbocycles. The molecule has 2 aliphatic rings. The zero-order chi connectivity index (χ0) is 17.3. The second kappa shape index (κ2) is 7.21. The van der Waals surface area contributed by atoms with Crippen molar-refractivity contribution in [3.8, 4) is 5.75 Å². The van der Waals surface area contributed by atoms with E-state index in [1.165, 1.54) is 16.7 Å². The van der Waals surface area contributed by atoms with Gasteiger partial charge >= 0.3 is 0 Å². The molecule has 0 aliphatic carbocycles. The molecule has 4 nitrogen and oxygen atoms in total. The Morgan fingerprint density at radius 1 is 1.17 bits per heavy atom. The van der Waals surface area contributed by atoms with E-state index in [0.29, 0.717) is 15.8 Å². The summed E-state index contributed by atoms with van der Waals surface area (Å²) in [5.74, 6) is 0.840. The zero-order valence-electron chi connectivity index (χ0n) is 13.7. The van der Waals surface area contributed by atoms with Crippen LogP contribution in [0.4, 0.5) is 5.69 Å². The van der Waals surface area contributed by atoms with Crippen molar-refractivity contribution in [2.24, 2.45) is 0 Å². The third-order valence-electron chi connectivity index (χ3n) is 3.82. The van der Waals surface area contributed by atoms with Gasteiger partial charge in [0.25, 0.3) is 5.91 Å². The molecular formula is C17H18N2O2S3. The number of thioether (sulfide) groups is 2. The van der Waals surface area contributed by atoms with Gasteiger partial charge in [-0.1, -0.05) is 35.7 Å². The quantitative estimate of drug-likeness (QED) is 0.576. The Labute approximate surface area is 155 Å². The van der Waals surface area contributed by atoms with E-state index in [2.05, 4.69) is 17.9 Å². The smallest absolute Gasteiger partial charge is 0.266 e. The first-order valence-electron chi connectivity index (χ1n) is 7.68. The molecule has 1 aromatic carbocycles. The van der Waals surface area contributed by atoms with Gasteiger partial charge in [0.05, 0.1) is 22.7 Å². The van der Waals surface area contributed by atoms with Crippen LogP contribution in [0.25, 0.3) is 0 Å². The second-order valence-electron chi connectivity index (χ2n) is 5.13. The van der Waals surface area contributed by atoms with Crippen LogP contribution in [0, 0.1) is 0 Å². The lowest BCUT2D eigenvalue weighted by molar-refractivity contribution is -0.122. The number of rotatable bonds is 4. The molecule has 1 fully saturated rings. The number of hydrogen-bond acceptors (Lipinski definition) is 6. The normalized spacial score (nSPS) is 20.5. The maximum Gasteiger partial charge on any atom is 0.266 e. The monoisotopic (exact) mass is 378 g/mol. The molecule has 2 aliphatic heterocycles. The van der Waals surface area contributed by atoms with Gasteiger partial charge < -0.3 is 9.64 Å². The van der Waals surface area contributed by atoms with Crippen LogP contribution in [0.5, 0.6) is 5.75 Å². The number of carbonyl (C=O) groups is 1. The SMILES string of the molecule is CCN1C(=O)/C(=C\C=C2\Sc3ccc(OC)cc3N2CC)SC1=S. The zero-order valence-corrected chi connectivity index (χ0v) is 16.2. The van der Waals surface area contributed by atoms with Crippen molar-refractivity contribution in [3.63, 3.8) is 0 Å². The van der Waals surface area contributed by atoms with Gasteiger partial charge in [-0.15, -0.1) is 0 Å². The van der Waals surface area contributed by atoms with Crippen LogP contribution in [-0.4, -0.2) is 35.3 Å². The van der Waals surface area contributed by atoms with Crippen molar-refractivity contribution in [2.75, 3.05) is 25.1 Å². The number of ether oxygens (including phenoxy) is 1. The van der Waals surface area contributed by atoms with E-state index in [0.717, 1.165) is 23.0 Å². The molecular weight excluding hydrogens is 360 g/mol. The Morgan fingerprint density at radius 3 is 2.54 bits per heavy atom. The Kier molecular flexibility index (Phi) is 5.22. The largest absolute Gasteiger partial charge is 0.497 e. The molecule has 0 radical (unpaired) electrons. The number of amides is 1. The molecule has 3 rings (SSSR count). The van der Waals surface area contributed by atoms with E-state index in [1.54, 1.807) is 23.8 Å². The molecule has 2 heterocycles. The summed E-state index contributed by atoms with van der Waals surface area (Å²) in [6.07, 6.45) is 3.88. The number of methoxy groups -OCH3 is 1. The average Bonchev–Trinajstić information content (AvgIpc) is 3.08. The fraction of sp³-hybridized carbons (Fsp3) is 0.294.